The summed E-state index contributed by atoms with van der Waals surface area (Å²) in [6, 6.07) is 13.3. The second-order valence-electron chi connectivity index (χ2n) is 6.86. The number of halogens is 1. The van der Waals surface area contributed by atoms with E-state index in [9.17, 15) is 12.8 Å². The van der Waals surface area contributed by atoms with Crippen LogP contribution in [0.1, 0.15) is 31.0 Å². The van der Waals surface area contributed by atoms with Crippen LogP contribution in [-0.4, -0.2) is 40.5 Å². The molecule has 0 spiro atoms. The maximum absolute atomic E-state index is 13.0. The Balaban J connectivity index is 1.89. The van der Waals surface area contributed by atoms with Crippen LogP contribution in [0.5, 0.6) is 5.75 Å². The van der Waals surface area contributed by atoms with Gasteiger partial charge in [-0.1, -0.05) is 24.3 Å². The lowest BCUT2D eigenvalue weighted by atomic mass is 10.1. The molecule has 0 saturated carbocycles. The number of rotatable bonds is 12. The van der Waals surface area contributed by atoms with Crippen molar-refractivity contribution in [3.63, 3.8) is 0 Å². The van der Waals surface area contributed by atoms with Crippen LogP contribution in [0.2, 0.25) is 0 Å². The van der Waals surface area contributed by atoms with E-state index < -0.39 is 10.0 Å². The van der Waals surface area contributed by atoms with Crippen LogP contribution < -0.4 is 14.8 Å². The highest BCUT2D eigenvalue weighted by molar-refractivity contribution is 7.88. The van der Waals surface area contributed by atoms with Crippen LogP contribution in [0, 0.1) is 5.82 Å². The first-order valence-corrected chi connectivity index (χ1v) is 11.4. The summed E-state index contributed by atoms with van der Waals surface area (Å²) >= 11 is 0. The molecule has 2 aromatic carbocycles. The first-order valence-electron chi connectivity index (χ1n) is 9.52. The SMILES string of the molecule is CCOCC(COc1ccc(F)cc1)NCc1ccc([C@@H](C)NS(C)(=O)=O)cc1. The third-order valence-corrected chi connectivity index (χ3v) is 5.04. The van der Waals surface area contributed by atoms with Gasteiger partial charge in [-0.15, -0.1) is 0 Å². The molecule has 2 atom stereocenters. The Labute approximate surface area is 172 Å². The zero-order valence-corrected chi connectivity index (χ0v) is 17.8. The van der Waals surface area contributed by atoms with Crippen molar-refractivity contribution in [3.8, 4) is 5.75 Å². The molecular weight excluding hydrogens is 395 g/mol. The van der Waals surface area contributed by atoms with E-state index >= 15 is 0 Å². The molecule has 2 N–H and O–H groups in total. The van der Waals surface area contributed by atoms with Crippen LogP contribution in [0.25, 0.3) is 0 Å². The molecular formula is C21H29FN2O4S. The van der Waals surface area contributed by atoms with E-state index in [2.05, 4.69) is 10.0 Å². The molecule has 0 radical (unpaired) electrons. The van der Waals surface area contributed by atoms with Gasteiger partial charge in [0.25, 0.3) is 0 Å². The lowest BCUT2D eigenvalue weighted by molar-refractivity contribution is 0.102. The van der Waals surface area contributed by atoms with Crippen molar-refractivity contribution < 1.29 is 22.3 Å². The van der Waals surface area contributed by atoms with Crippen molar-refractivity contribution in [1.29, 1.82) is 0 Å². The summed E-state index contributed by atoms with van der Waals surface area (Å²) in [6.07, 6.45) is 1.15. The van der Waals surface area contributed by atoms with Gasteiger partial charge in [-0.25, -0.2) is 17.5 Å². The molecule has 0 aliphatic heterocycles. The fraction of sp³-hybridized carbons (Fsp3) is 0.429. The second-order valence-corrected chi connectivity index (χ2v) is 8.64. The Hall–Kier alpha value is -2.00. The summed E-state index contributed by atoms with van der Waals surface area (Å²) in [7, 11) is -3.25. The number of hydrogen-bond donors (Lipinski definition) is 2. The van der Waals surface area contributed by atoms with Crippen molar-refractivity contribution in [2.75, 3.05) is 26.1 Å². The largest absolute Gasteiger partial charge is 0.492 e. The standard InChI is InChI=1S/C21H29FN2O4S/c1-4-27-14-20(15-28-21-11-9-19(22)10-12-21)23-13-17-5-7-18(8-6-17)16(2)24-29(3,25)26/h5-12,16,20,23-24H,4,13-15H2,1-3H3/t16-,20?/m1/s1. The van der Waals surface area contributed by atoms with Crippen molar-refractivity contribution in [2.45, 2.75) is 32.5 Å². The summed E-state index contributed by atoms with van der Waals surface area (Å²) in [5, 5.41) is 3.40. The van der Waals surface area contributed by atoms with E-state index in [4.69, 9.17) is 9.47 Å². The zero-order chi connectivity index (χ0) is 21.3. The lowest BCUT2D eigenvalue weighted by Gasteiger charge is -2.20. The van der Waals surface area contributed by atoms with Gasteiger partial charge in [0.05, 0.1) is 18.9 Å². The van der Waals surface area contributed by atoms with Gasteiger partial charge >= 0.3 is 0 Å². The van der Waals surface area contributed by atoms with Gasteiger partial charge in [0, 0.05) is 19.2 Å². The molecule has 160 valence electrons. The summed E-state index contributed by atoms with van der Waals surface area (Å²) < 4.78 is 49.5. The van der Waals surface area contributed by atoms with Gasteiger partial charge in [0.1, 0.15) is 18.2 Å². The van der Waals surface area contributed by atoms with Crippen LogP contribution in [0.4, 0.5) is 4.39 Å². The van der Waals surface area contributed by atoms with Crippen LogP contribution in [-0.2, 0) is 21.3 Å². The minimum absolute atomic E-state index is 0.0366. The van der Waals surface area contributed by atoms with Crippen LogP contribution in [0.3, 0.4) is 0 Å². The number of ether oxygens (including phenoxy) is 2. The number of benzene rings is 2. The van der Waals surface area contributed by atoms with Crippen LogP contribution >= 0.6 is 0 Å². The quantitative estimate of drug-likeness (QED) is 0.548. The Morgan fingerprint density at radius 1 is 1.03 bits per heavy atom. The summed E-state index contributed by atoms with van der Waals surface area (Å²) in [6.45, 7) is 5.83. The molecule has 2 rings (SSSR count). The van der Waals surface area contributed by atoms with Crippen LogP contribution in [0.15, 0.2) is 48.5 Å². The minimum atomic E-state index is -3.25. The fourth-order valence-corrected chi connectivity index (χ4v) is 3.51. The zero-order valence-electron chi connectivity index (χ0n) is 17.0. The smallest absolute Gasteiger partial charge is 0.209 e. The monoisotopic (exact) mass is 424 g/mol. The first-order chi connectivity index (χ1) is 13.8. The average Bonchev–Trinajstić information content (AvgIpc) is 2.67. The van der Waals surface area contributed by atoms with Crippen molar-refractivity contribution in [2.24, 2.45) is 0 Å². The molecule has 0 saturated heterocycles. The van der Waals surface area contributed by atoms with E-state index in [-0.39, 0.29) is 17.9 Å². The summed E-state index contributed by atoms with van der Waals surface area (Å²) in [4.78, 5) is 0. The molecule has 0 amide bonds. The third kappa shape index (κ3) is 8.91. The molecule has 0 fully saturated rings. The average molecular weight is 425 g/mol. The Morgan fingerprint density at radius 2 is 1.69 bits per heavy atom. The number of hydrogen-bond acceptors (Lipinski definition) is 5. The molecule has 0 heterocycles. The third-order valence-electron chi connectivity index (χ3n) is 4.25. The van der Waals surface area contributed by atoms with Crippen molar-refractivity contribution >= 4 is 10.0 Å². The molecule has 0 bridgehead atoms. The van der Waals surface area contributed by atoms with E-state index in [0.29, 0.717) is 32.1 Å². The number of sulfonamides is 1. The van der Waals surface area contributed by atoms with Gasteiger partial charge in [-0.3, -0.25) is 0 Å². The maximum atomic E-state index is 13.0. The second kappa shape index (κ2) is 11.3. The molecule has 1 unspecified atom stereocenters. The minimum Gasteiger partial charge on any atom is -0.492 e. The fourth-order valence-electron chi connectivity index (χ4n) is 2.73. The van der Waals surface area contributed by atoms with Gasteiger partial charge in [-0.2, -0.15) is 0 Å². The van der Waals surface area contributed by atoms with E-state index in [1.165, 1.54) is 12.1 Å². The van der Waals surface area contributed by atoms with Gasteiger partial charge in [-0.05, 0) is 49.2 Å². The van der Waals surface area contributed by atoms with Crippen molar-refractivity contribution in [3.05, 3.63) is 65.5 Å². The molecule has 8 heteroatoms. The van der Waals surface area contributed by atoms with Gasteiger partial charge in [0.15, 0.2) is 0 Å². The topological polar surface area (TPSA) is 76.7 Å². The summed E-state index contributed by atoms with van der Waals surface area (Å²) in [5.41, 5.74) is 1.95. The molecule has 0 aromatic heterocycles. The Morgan fingerprint density at radius 3 is 2.28 bits per heavy atom. The van der Waals surface area contributed by atoms with E-state index in [1.807, 2.05) is 31.2 Å². The van der Waals surface area contributed by atoms with Gasteiger partial charge < -0.3 is 14.8 Å². The normalized spacial score (nSPS) is 13.8. The number of nitrogens with one attached hydrogen (secondary N) is 2. The predicted octanol–water partition coefficient (Wildman–Crippen LogP) is 3.01. The first kappa shape index (κ1) is 23.3. The predicted molar refractivity (Wildman–Crippen MR) is 112 cm³/mol. The molecule has 29 heavy (non-hydrogen) atoms. The lowest BCUT2D eigenvalue weighted by Crippen LogP contribution is -2.38. The highest BCUT2D eigenvalue weighted by Crippen LogP contribution is 2.15. The molecule has 6 nitrogen and oxygen atoms in total. The Bertz CT molecular complexity index is 842. The highest BCUT2D eigenvalue weighted by atomic mass is 32.2. The van der Waals surface area contributed by atoms with E-state index in [1.54, 1.807) is 19.1 Å². The highest BCUT2D eigenvalue weighted by Gasteiger charge is 2.12. The van der Waals surface area contributed by atoms with Crippen molar-refractivity contribution in [1.82, 2.24) is 10.0 Å². The Kier molecular flexibility index (Phi) is 9.03. The van der Waals surface area contributed by atoms with Gasteiger partial charge in [0.2, 0.25) is 10.0 Å². The molecule has 0 aliphatic rings. The summed E-state index contributed by atoms with van der Waals surface area (Å²) in [5.74, 6) is 0.303. The maximum Gasteiger partial charge on any atom is 0.209 e. The molecule has 2 aromatic rings. The van der Waals surface area contributed by atoms with E-state index in [0.717, 1.165) is 17.4 Å². The molecule has 0 aliphatic carbocycles.